The van der Waals surface area contributed by atoms with Gasteiger partial charge in [-0.25, -0.2) is 17.9 Å². The molecule has 1 aromatic carbocycles. The number of nitrogens with one attached hydrogen (secondary N) is 1. The molecule has 0 spiro atoms. The molecule has 0 aliphatic heterocycles. The SMILES string of the molecule is C=C(C)CN(CC)C(=O)COC(=O)c1ccc(S(=O)(=O)NC(C)C)cc1. The Kier molecular flexibility index (Phi) is 7.98. The molecule has 144 valence electrons. The zero-order valence-electron chi connectivity index (χ0n) is 15.6. The average molecular weight is 382 g/mol. The van der Waals surface area contributed by atoms with Gasteiger partial charge in [0.2, 0.25) is 10.0 Å². The number of amides is 1. The number of carbonyl (C=O) groups is 2. The summed E-state index contributed by atoms with van der Waals surface area (Å²) >= 11 is 0. The number of rotatable bonds is 9. The van der Waals surface area contributed by atoms with Crippen molar-refractivity contribution in [2.75, 3.05) is 19.7 Å². The third-order valence-corrected chi connectivity index (χ3v) is 4.99. The fraction of sp³-hybridized carbons (Fsp3) is 0.444. The van der Waals surface area contributed by atoms with Gasteiger partial charge in [0.15, 0.2) is 6.61 Å². The highest BCUT2D eigenvalue weighted by Gasteiger charge is 2.18. The lowest BCUT2D eigenvalue weighted by atomic mass is 10.2. The van der Waals surface area contributed by atoms with E-state index in [0.29, 0.717) is 13.1 Å². The predicted octanol–water partition coefficient (Wildman–Crippen LogP) is 1.95. The van der Waals surface area contributed by atoms with Gasteiger partial charge in [-0.2, -0.15) is 0 Å². The Labute approximate surface area is 155 Å². The van der Waals surface area contributed by atoms with Gasteiger partial charge in [0, 0.05) is 19.1 Å². The monoisotopic (exact) mass is 382 g/mol. The zero-order valence-corrected chi connectivity index (χ0v) is 16.4. The molecule has 0 heterocycles. The van der Waals surface area contributed by atoms with Gasteiger partial charge in [0.25, 0.3) is 5.91 Å². The van der Waals surface area contributed by atoms with Crippen LogP contribution in [0.15, 0.2) is 41.3 Å². The number of benzene rings is 1. The largest absolute Gasteiger partial charge is 0.452 e. The van der Waals surface area contributed by atoms with Crippen molar-refractivity contribution in [3.63, 3.8) is 0 Å². The van der Waals surface area contributed by atoms with E-state index in [1.165, 1.54) is 29.2 Å². The lowest BCUT2D eigenvalue weighted by molar-refractivity contribution is -0.133. The molecule has 0 saturated carbocycles. The molecule has 0 fully saturated rings. The van der Waals surface area contributed by atoms with Gasteiger partial charge in [-0.3, -0.25) is 4.79 Å². The second-order valence-electron chi connectivity index (χ2n) is 6.24. The standard InChI is InChI=1S/C18H26N2O5S/c1-6-20(11-13(2)3)17(21)12-25-18(22)15-7-9-16(10-8-15)26(23,24)19-14(4)5/h7-10,14,19H,2,6,11-12H2,1,3-5H3. The summed E-state index contributed by atoms with van der Waals surface area (Å²) in [6.45, 7) is 11.3. The summed E-state index contributed by atoms with van der Waals surface area (Å²) < 4.78 is 31.6. The summed E-state index contributed by atoms with van der Waals surface area (Å²) in [5.74, 6) is -1.00. The average Bonchev–Trinajstić information content (AvgIpc) is 2.56. The van der Waals surface area contributed by atoms with Gasteiger partial charge < -0.3 is 9.64 Å². The predicted molar refractivity (Wildman–Crippen MR) is 99.3 cm³/mol. The van der Waals surface area contributed by atoms with Crippen LogP contribution in [-0.4, -0.2) is 50.9 Å². The molecule has 0 bridgehead atoms. The zero-order chi connectivity index (χ0) is 19.9. The Balaban J connectivity index is 2.71. The van der Waals surface area contributed by atoms with E-state index >= 15 is 0 Å². The molecule has 0 aromatic heterocycles. The number of hydrogen-bond donors (Lipinski definition) is 1. The third-order valence-electron chi connectivity index (χ3n) is 3.31. The quantitative estimate of drug-likeness (QED) is 0.521. The first-order valence-electron chi connectivity index (χ1n) is 8.28. The first-order valence-corrected chi connectivity index (χ1v) is 9.76. The Morgan fingerprint density at radius 1 is 1.23 bits per heavy atom. The first-order chi connectivity index (χ1) is 12.1. The van der Waals surface area contributed by atoms with Crippen molar-refractivity contribution in [3.05, 3.63) is 42.0 Å². The Hall–Kier alpha value is -2.19. The summed E-state index contributed by atoms with van der Waals surface area (Å²) in [5, 5.41) is 0. The van der Waals surface area contributed by atoms with Gasteiger partial charge in [-0.15, -0.1) is 0 Å². The Morgan fingerprint density at radius 2 is 1.81 bits per heavy atom. The number of nitrogens with zero attached hydrogens (tertiary/aromatic N) is 1. The highest BCUT2D eigenvalue weighted by molar-refractivity contribution is 7.89. The highest BCUT2D eigenvalue weighted by atomic mass is 32.2. The van der Waals surface area contributed by atoms with Crippen LogP contribution in [0.1, 0.15) is 38.1 Å². The number of sulfonamides is 1. The van der Waals surface area contributed by atoms with Crippen molar-refractivity contribution in [2.45, 2.75) is 38.6 Å². The molecule has 1 rings (SSSR count). The Morgan fingerprint density at radius 3 is 2.27 bits per heavy atom. The second kappa shape index (κ2) is 9.49. The number of esters is 1. The number of likely N-dealkylation sites (N-methyl/N-ethyl adjacent to an activating group) is 1. The molecule has 7 nitrogen and oxygen atoms in total. The molecule has 0 atom stereocenters. The molecule has 0 unspecified atom stereocenters. The summed E-state index contributed by atoms with van der Waals surface area (Å²) in [5.41, 5.74) is 1.00. The first kappa shape index (κ1) is 21.9. The third kappa shape index (κ3) is 6.61. The Bertz CT molecular complexity index is 754. The fourth-order valence-electron chi connectivity index (χ4n) is 2.15. The topological polar surface area (TPSA) is 92.8 Å². The minimum atomic E-state index is -3.63. The molecular formula is C18H26N2O5S. The van der Waals surface area contributed by atoms with Crippen LogP contribution in [0.3, 0.4) is 0 Å². The maximum Gasteiger partial charge on any atom is 0.338 e. The molecular weight excluding hydrogens is 356 g/mol. The van der Waals surface area contributed by atoms with Crippen LogP contribution >= 0.6 is 0 Å². The number of carbonyl (C=O) groups excluding carboxylic acids is 2. The van der Waals surface area contributed by atoms with Crippen LogP contribution in [-0.2, 0) is 19.6 Å². The summed E-state index contributed by atoms with van der Waals surface area (Å²) in [4.78, 5) is 25.7. The lowest BCUT2D eigenvalue weighted by Gasteiger charge is -2.20. The van der Waals surface area contributed by atoms with Crippen LogP contribution < -0.4 is 4.72 Å². The molecule has 1 aromatic rings. The molecule has 1 N–H and O–H groups in total. The van der Waals surface area contributed by atoms with Crippen LogP contribution in [0.25, 0.3) is 0 Å². The van der Waals surface area contributed by atoms with Gasteiger partial charge >= 0.3 is 5.97 Å². The maximum absolute atomic E-state index is 12.1. The summed E-state index contributed by atoms with van der Waals surface area (Å²) in [7, 11) is -3.63. The van der Waals surface area contributed by atoms with Crippen LogP contribution in [0.2, 0.25) is 0 Å². The van der Waals surface area contributed by atoms with Crippen LogP contribution in [0.5, 0.6) is 0 Å². The van der Waals surface area contributed by atoms with E-state index in [1.54, 1.807) is 13.8 Å². The molecule has 26 heavy (non-hydrogen) atoms. The maximum atomic E-state index is 12.1. The number of hydrogen-bond acceptors (Lipinski definition) is 5. The van der Waals surface area contributed by atoms with Crippen LogP contribution in [0.4, 0.5) is 0 Å². The second-order valence-corrected chi connectivity index (χ2v) is 7.96. The van der Waals surface area contributed by atoms with Crippen molar-refractivity contribution < 1.29 is 22.7 Å². The van der Waals surface area contributed by atoms with E-state index < -0.39 is 16.0 Å². The van der Waals surface area contributed by atoms with Gasteiger partial charge in [-0.1, -0.05) is 12.2 Å². The molecule has 0 aliphatic carbocycles. The number of ether oxygens (including phenoxy) is 1. The van der Waals surface area contributed by atoms with Crippen LogP contribution in [0, 0.1) is 0 Å². The lowest BCUT2D eigenvalue weighted by Crippen LogP contribution is -2.35. The summed E-state index contributed by atoms with van der Waals surface area (Å²) in [6, 6.07) is 5.11. The summed E-state index contributed by atoms with van der Waals surface area (Å²) in [6.07, 6.45) is 0. The minimum absolute atomic E-state index is 0.0532. The van der Waals surface area contributed by atoms with E-state index in [2.05, 4.69) is 11.3 Å². The van der Waals surface area contributed by atoms with Crippen molar-refractivity contribution in [2.24, 2.45) is 0 Å². The normalized spacial score (nSPS) is 11.3. The van der Waals surface area contributed by atoms with E-state index in [1.807, 2.05) is 13.8 Å². The van der Waals surface area contributed by atoms with E-state index in [-0.39, 0.29) is 29.0 Å². The van der Waals surface area contributed by atoms with Gasteiger partial charge in [0.1, 0.15) is 0 Å². The van der Waals surface area contributed by atoms with Crippen molar-refractivity contribution in [3.8, 4) is 0 Å². The highest BCUT2D eigenvalue weighted by Crippen LogP contribution is 2.12. The smallest absolute Gasteiger partial charge is 0.338 e. The molecule has 0 saturated heterocycles. The van der Waals surface area contributed by atoms with Crippen molar-refractivity contribution >= 4 is 21.9 Å². The molecule has 8 heteroatoms. The van der Waals surface area contributed by atoms with Crippen molar-refractivity contribution in [1.29, 1.82) is 0 Å². The molecule has 0 aliphatic rings. The molecule has 1 amide bonds. The van der Waals surface area contributed by atoms with Crippen molar-refractivity contribution in [1.82, 2.24) is 9.62 Å². The van der Waals surface area contributed by atoms with E-state index in [0.717, 1.165) is 5.57 Å². The fourth-order valence-corrected chi connectivity index (χ4v) is 3.40. The van der Waals surface area contributed by atoms with Gasteiger partial charge in [0.05, 0.1) is 10.5 Å². The van der Waals surface area contributed by atoms with E-state index in [9.17, 15) is 18.0 Å². The minimum Gasteiger partial charge on any atom is -0.452 e. The van der Waals surface area contributed by atoms with E-state index in [4.69, 9.17) is 4.74 Å². The molecule has 0 radical (unpaired) electrons. The van der Waals surface area contributed by atoms with Gasteiger partial charge in [-0.05, 0) is 52.0 Å².